The smallest absolute Gasteiger partial charge is 1.00 e. The molecule has 0 aliphatic carbocycles. The molecular formula is C6H8KNaO4S. The molecule has 0 aliphatic rings. The second kappa shape index (κ2) is 6.94. The van der Waals surface area contributed by atoms with E-state index in [1.807, 2.05) is 0 Å². The molecule has 1 aromatic carbocycles. The van der Waals surface area contributed by atoms with Crippen LogP contribution in [0.1, 0.15) is 2.85 Å². The SMILES string of the molecule is O=S(=O)(O)c1ccc(O)cc1.[H-].[H-].[K+].[Na+]. The first-order valence-corrected chi connectivity index (χ1v) is 4.21. The van der Waals surface area contributed by atoms with Crippen LogP contribution in [0.5, 0.6) is 5.75 Å². The summed E-state index contributed by atoms with van der Waals surface area (Å²) in [7, 11) is -4.13. The molecule has 13 heavy (non-hydrogen) atoms. The fourth-order valence-electron chi connectivity index (χ4n) is 0.618. The first kappa shape index (κ1) is 17.0. The average Bonchev–Trinajstić information content (AvgIpc) is 1.86. The third-order valence-corrected chi connectivity index (χ3v) is 2.00. The number of rotatable bonds is 1. The van der Waals surface area contributed by atoms with Gasteiger partial charge in [0.05, 0.1) is 4.90 Å². The molecular weight excluding hydrogens is 230 g/mol. The zero-order valence-corrected chi connectivity index (χ0v) is 13.4. The third kappa shape index (κ3) is 5.88. The van der Waals surface area contributed by atoms with E-state index in [1.54, 1.807) is 0 Å². The van der Waals surface area contributed by atoms with Crippen molar-refractivity contribution in [3.05, 3.63) is 24.3 Å². The fraction of sp³-hybridized carbons (Fsp3) is 0. The van der Waals surface area contributed by atoms with Gasteiger partial charge in [-0.1, -0.05) is 0 Å². The molecule has 0 saturated carbocycles. The zero-order chi connectivity index (χ0) is 8.48. The summed E-state index contributed by atoms with van der Waals surface area (Å²) in [5, 5.41) is 8.75. The standard InChI is InChI=1S/C6H6O4S.K.Na.2H/c7-5-1-3-6(4-2-5)11(8,9)10;;;;/h1-4,7H,(H,8,9,10);;;;/q;2*+1;2*-1. The zero-order valence-electron chi connectivity index (χ0n) is 9.43. The third-order valence-electron chi connectivity index (χ3n) is 1.13. The van der Waals surface area contributed by atoms with Crippen molar-refractivity contribution in [2.24, 2.45) is 0 Å². The van der Waals surface area contributed by atoms with Gasteiger partial charge in [-0.05, 0) is 24.3 Å². The van der Waals surface area contributed by atoms with Crippen LogP contribution in [0.4, 0.5) is 0 Å². The number of hydrogen-bond acceptors (Lipinski definition) is 3. The summed E-state index contributed by atoms with van der Waals surface area (Å²) >= 11 is 0. The maximum Gasteiger partial charge on any atom is 1.00 e. The summed E-state index contributed by atoms with van der Waals surface area (Å²) in [4.78, 5) is -0.227. The Bertz CT molecular complexity index is 356. The Balaban J connectivity index is -0.000000151. The quantitative estimate of drug-likeness (QED) is 0.379. The van der Waals surface area contributed by atoms with Gasteiger partial charge in [0.1, 0.15) is 5.75 Å². The molecule has 0 aliphatic heterocycles. The molecule has 64 valence electrons. The van der Waals surface area contributed by atoms with E-state index < -0.39 is 10.1 Å². The van der Waals surface area contributed by atoms with E-state index in [1.165, 1.54) is 12.1 Å². The molecule has 4 nitrogen and oxygen atoms in total. The van der Waals surface area contributed by atoms with Crippen LogP contribution < -0.4 is 80.9 Å². The van der Waals surface area contributed by atoms with Gasteiger partial charge < -0.3 is 7.96 Å². The van der Waals surface area contributed by atoms with E-state index in [0.717, 1.165) is 12.1 Å². The van der Waals surface area contributed by atoms with Crippen molar-refractivity contribution in [3.63, 3.8) is 0 Å². The molecule has 7 heteroatoms. The van der Waals surface area contributed by atoms with Crippen molar-refractivity contribution in [1.82, 2.24) is 0 Å². The van der Waals surface area contributed by atoms with Gasteiger partial charge in [-0.15, -0.1) is 0 Å². The Morgan fingerprint density at radius 1 is 1.15 bits per heavy atom. The molecule has 0 radical (unpaired) electrons. The van der Waals surface area contributed by atoms with Gasteiger partial charge in [-0.3, -0.25) is 4.55 Å². The monoisotopic (exact) mass is 238 g/mol. The van der Waals surface area contributed by atoms with E-state index in [9.17, 15) is 8.42 Å². The normalized spacial score (nSPS) is 9.62. The van der Waals surface area contributed by atoms with Crippen LogP contribution in [0.3, 0.4) is 0 Å². The minimum atomic E-state index is -4.13. The van der Waals surface area contributed by atoms with E-state index in [0.29, 0.717) is 0 Å². The molecule has 2 N–H and O–H groups in total. The Hall–Kier alpha value is 1.57. The van der Waals surface area contributed by atoms with E-state index >= 15 is 0 Å². The van der Waals surface area contributed by atoms with Gasteiger partial charge in [0, 0.05) is 0 Å². The van der Waals surface area contributed by atoms with Crippen molar-refractivity contribution in [1.29, 1.82) is 0 Å². The Morgan fingerprint density at radius 2 is 1.54 bits per heavy atom. The number of phenolic OH excluding ortho intramolecular Hbond substituents is 1. The summed E-state index contributed by atoms with van der Waals surface area (Å²) < 4.78 is 29.3. The number of benzene rings is 1. The Kier molecular flexibility index (Phi) is 9.07. The molecule has 0 unspecified atom stereocenters. The van der Waals surface area contributed by atoms with Crippen LogP contribution in [0, 0.1) is 0 Å². The van der Waals surface area contributed by atoms with Gasteiger partial charge in [0.2, 0.25) is 0 Å². The van der Waals surface area contributed by atoms with Crippen LogP contribution in [0.15, 0.2) is 29.2 Å². The van der Waals surface area contributed by atoms with Crippen LogP contribution >= 0.6 is 0 Å². The van der Waals surface area contributed by atoms with Crippen molar-refractivity contribution >= 4 is 10.1 Å². The number of phenols is 1. The van der Waals surface area contributed by atoms with Crippen molar-refractivity contribution < 1.29 is 102 Å². The fourth-order valence-corrected chi connectivity index (χ4v) is 1.10. The van der Waals surface area contributed by atoms with Crippen LogP contribution in [0.25, 0.3) is 0 Å². The molecule has 1 aromatic rings. The maximum absolute atomic E-state index is 10.4. The molecule has 0 amide bonds. The van der Waals surface area contributed by atoms with Crippen molar-refractivity contribution in [3.8, 4) is 5.75 Å². The first-order valence-electron chi connectivity index (χ1n) is 2.77. The van der Waals surface area contributed by atoms with Crippen molar-refractivity contribution in [2.45, 2.75) is 4.90 Å². The van der Waals surface area contributed by atoms with E-state index in [4.69, 9.17) is 9.66 Å². The second-order valence-corrected chi connectivity index (χ2v) is 3.39. The minimum absolute atomic E-state index is 0. The van der Waals surface area contributed by atoms with Crippen LogP contribution in [-0.4, -0.2) is 18.1 Å². The Morgan fingerprint density at radius 3 is 1.85 bits per heavy atom. The van der Waals surface area contributed by atoms with E-state index in [-0.39, 0.29) is 94.4 Å². The molecule has 0 bridgehead atoms. The predicted molar refractivity (Wildman–Crippen MR) is 40.1 cm³/mol. The van der Waals surface area contributed by atoms with Gasteiger partial charge in [0.15, 0.2) is 0 Å². The molecule has 1 rings (SSSR count). The molecule has 0 spiro atoms. The maximum atomic E-state index is 10.4. The number of aromatic hydroxyl groups is 1. The van der Waals surface area contributed by atoms with Crippen LogP contribution in [-0.2, 0) is 10.1 Å². The van der Waals surface area contributed by atoms with Crippen molar-refractivity contribution in [2.75, 3.05) is 0 Å². The first-order chi connectivity index (χ1) is 5.00. The summed E-state index contributed by atoms with van der Waals surface area (Å²) in [6.07, 6.45) is 0. The summed E-state index contributed by atoms with van der Waals surface area (Å²) in [6.45, 7) is 0. The van der Waals surface area contributed by atoms with E-state index in [2.05, 4.69) is 0 Å². The predicted octanol–water partition coefficient (Wildman–Crippen LogP) is -5.13. The average molecular weight is 238 g/mol. The molecule has 0 fully saturated rings. The van der Waals surface area contributed by atoms with Crippen LogP contribution in [0.2, 0.25) is 0 Å². The summed E-state index contributed by atoms with van der Waals surface area (Å²) in [6, 6.07) is 4.60. The summed E-state index contributed by atoms with van der Waals surface area (Å²) in [5.74, 6) is -0.0441. The van der Waals surface area contributed by atoms with Gasteiger partial charge in [0.25, 0.3) is 10.1 Å². The minimum Gasteiger partial charge on any atom is -1.00 e. The topological polar surface area (TPSA) is 74.6 Å². The second-order valence-electron chi connectivity index (χ2n) is 1.97. The van der Waals surface area contributed by atoms with Gasteiger partial charge >= 0.3 is 80.9 Å². The largest absolute Gasteiger partial charge is 1.00 e. The summed E-state index contributed by atoms with van der Waals surface area (Å²) in [5.41, 5.74) is 0. The molecule has 0 heterocycles. The Labute approximate surface area is 144 Å². The molecule has 0 atom stereocenters. The number of hydrogen-bond donors (Lipinski definition) is 2. The van der Waals surface area contributed by atoms with Gasteiger partial charge in [-0.2, -0.15) is 8.42 Å². The molecule has 0 saturated heterocycles. The molecule has 0 aromatic heterocycles. The van der Waals surface area contributed by atoms with Gasteiger partial charge in [-0.25, -0.2) is 0 Å².